The highest BCUT2D eigenvalue weighted by Crippen LogP contribution is 2.36. The van der Waals surface area contributed by atoms with Crippen molar-refractivity contribution in [2.75, 3.05) is 7.11 Å². The van der Waals surface area contributed by atoms with E-state index in [1.807, 2.05) is 0 Å². The van der Waals surface area contributed by atoms with Crippen LogP contribution in [0.15, 0.2) is 41.1 Å². The minimum atomic E-state index is -0.516. The Morgan fingerprint density at radius 2 is 1.84 bits per heavy atom. The molecule has 1 aromatic rings. The van der Waals surface area contributed by atoms with E-state index in [1.165, 1.54) is 25.7 Å². The molecule has 0 atom stereocenters. The predicted octanol–water partition coefficient (Wildman–Crippen LogP) is 3.83. The third kappa shape index (κ3) is 3.36. The maximum Gasteiger partial charge on any atom is 0.340 e. The van der Waals surface area contributed by atoms with Gasteiger partial charge in [-0.2, -0.15) is 0 Å². The van der Waals surface area contributed by atoms with Gasteiger partial charge in [0, 0.05) is 11.7 Å². The highest BCUT2D eigenvalue weighted by molar-refractivity contribution is 6.16. The Bertz CT molecular complexity index is 743. The van der Waals surface area contributed by atoms with Gasteiger partial charge in [0.2, 0.25) is 0 Å². The van der Waals surface area contributed by atoms with Crippen LogP contribution in [0.5, 0.6) is 0 Å². The fraction of sp³-hybridized carbons (Fsp3) is 0.400. The van der Waals surface area contributed by atoms with Gasteiger partial charge in [-0.1, -0.05) is 31.4 Å². The van der Waals surface area contributed by atoms with Crippen molar-refractivity contribution in [3.8, 4) is 0 Å². The summed E-state index contributed by atoms with van der Waals surface area (Å²) in [5.74, 6) is -1.03. The predicted molar refractivity (Wildman–Crippen MR) is 92.8 cm³/mol. The smallest absolute Gasteiger partial charge is 0.340 e. The van der Waals surface area contributed by atoms with Gasteiger partial charge in [0.1, 0.15) is 5.82 Å². The van der Waals surface area contributed by atoms with Gasteiger partial charge in [-0.3, -0.25) is 4.79 Å². The minimum absolute atomic E-state index is 0.125. The van der Waals surface area contributed by atoms with E-state index in [9.17, 15) is 14.0 Å². The second-order valence-corrected chi connectivity index (χ2v) is 6.53. The first-order valence-corrected chi connectivity index (χ1v) is 8.63. The molecule has 4 nitrogen and oxygen atoms in total. The molecular formula is C20H22FNO3. The molecule has 0 unspecified atom stereocenters. The van der Waals surface area contributed by atoms with Crippen LogP contribution in [0.2, 0.25) is 0 Å². The summed E-state index contributed by atoms with van der Waals surface area (Å²) in [4.78, 5) is 27.1. The number of methoxy groups -OCH3 is 1. The Labute approximate surface area is 147 Å². The molecule has 1 amide bonds. The normalized spacial score (nSPS) is 20.5. The van der Waals surface area contributed by atoms with Crippen LogP contribution in [0.4, 0.5) is 4.39 Å². The van der Waals surface area contributed by atoms with Crippen molar-refractivity contribution < 1.29 is 18.7 Å². The summed E-state index contributed by atoms with van der Waals surface area (Å²) in [6.07, 6.45) is 6.89. The molecule has 132 valence electrons. The van der Waals surface area contributed by atoms with E-state index in [-0.39, 0.29) is 17.8 Å². The Morgan fingerprint density at radius 3 is 2.44 bits per heavy atom. The second-order valence-electron chi connectivity index (χ2n) is 6.53. The van der Waals surface area contributed by atoms with E-state index in [0.29, 0.717) is 22.4 Å². The SMILES string of the molecule is COC(=O)C1=C(C)N(C2CCCCC2)C(=O)/C1=C/c1ccc(F)cc1. The first-order chi connectivity index (χ1) is 12.0. The van der Waals surface area contributed by atoms with Crippen molar-refractivity contribution >= 4 is 18.0 Å². The van der Waals surface area contributed by atoms with Gasteiger partial charge in [-0.25, -0.2) is 9.18 Å². The van der Waals surface area contributed by atoms with E-state index >= 15 is 0 Å². The maximum absolute atomic E-state index is 13.1. The molecule has 0 bridgehead atoms. The van der Waals surface area contributed by atoms with E-state index in [4.69, 9.17) is 4.74 Å². The Hall–Kier alpha value is -2.43. The van der Waals surface area contributed by atoms with Crippen LogP contribution >= 0.6 is 0 Å². The summed E-state index contributed by atoms with van der Waals surface area (Å²) in [5.41, 5.74) is 1.95. The van der Waals surface area contributed by atoms with Crippen molar-refractivity contribution in [3.05, 3.63) is 52.5 Å². The van der Waals surface area contributed by atoms with Crippen LogP contribution in [0.25, 0.3) is 6.08 Å². The lowest BCUT2D eigenvalue weighted by molar-refractivity contribution is -0.136. The van der Waals surface area contributed by atoms with Crippen LogP contribution in [-0.4, -0.2) is 29.9 Å². The maximum atomic E-state index is 13.1. The highest BCUT2D eigenvalue weighted by Gasteiger charge is 2.40. The Morgan fingerprint density at radius 1 is 1.20 bits per heavy atom. The summed E-state index contributed by atoms with van der Waals surface area (Å²) in [5, 5.41) is 0. The highest BCUT2D eigenvalue weighted by atomic mass is 19.1. The Balaban J connectivity index is 2.02. The largest absolute Gasteiger partial charge is 0.465 e. The molecule has 5 heteroatoms. The summed E-state index contributed by atoms with van der Waals surface area (Å²) in [7, 11) is 1.31. The summed E-state index contributed by atoms with van der Waals surface area (Å²) >= 11 is 0. The number of rotatable bonds is 3. The first kappa shape index (κ1) is 17.4. The number of ether oxygens (including phenoxy) is 1. The molecule has 0 N–H and O–H groups in total. The third-order valence-electron chi connectivity index (χ3n) is 4.95. The molecule has 1 aliphatic carbocycles. The van der Waals surface area contributed by atoms with Gasteiger partial charge in [-0.15, -0.1) is 0 Å². The van der Waals surface area contributed by atoms with Crippen molar-refractivity contribution in [1.82, 2.24) is 4.90 Å². The number of halogens is 1. The number of carbonyl (C=O) groups excluding carboxylic acids is 2. The van der Waals surface area contributed by atoms with Crippen molar-refractivity contribution in [2.45, 2.75) is 45.1 Å². The molecule has 3 rings (SSSR count). The lowest BCUT2D eigenvalue weighted by Crippen LogP contribution is -2.37. The molecule has 1 aromatic carbocycles. The number of hydrogen-bond acceptors (Lipinski definition) is 3. The number of allylic oxidation sites excluding steroid dienone is 1. The molecule has 25 heavy (non-hydrogen) atoms. The van der Waals surface area contributed by atoms with Crippen molar-refractivity contribution in [1.29, 1.82) is 0 Å². The average Bonchev–Trinajstić information content (AvgIpc) is 2.87. The van der Waals surface area contributed by atoms with Crippen molar-refractivity contribution in [3.63, 3.8) is 0 Å². The van der Waals surface area contributed by atoms with Crippen LogP contribution in [-0.2, 0) is 14.3 Å². The van der Waals surface area contributed by atoms with Crippen LogP contribution in [0, 0.1) is 5.82 Å². The molecule has 0 radical (unpaired) electrons. The number of nitrogens with zero attached hydrogens (tertiary/aromatic N) is 1. The molecule has 1 heterocycles. The fourth-order valence-electron chi connectivity index (χ4n) is 3.70. The number of hydrogen-bond donors (Lipinski definition) is 0. The van der Waals surface area contributed by atoms with E-state index in [1.54, 1.807) is 30.0 Å². The molecule has 1 fully saturated rings. The summed E-state index contributed by atoms with van der Waals surface area (Å²) < 4.78 is 18.0. The van der Waals surface area contributed by atoms with Crippen LogP contribution < -0.4 is 0 Å². The van der Waals surface area contributed by atoms with Crippen LogP contribution in [0.3, 0.4) is 0 Å². The lowest BCUT2D eigenvalue weighted by atomic mass is 9.94. The number of benzene rings is 1. The van der Waals surface area contributed by atoms with Gasteiger partial charge < -0.3 is 9.64 Å². The Kier molecular flexibility index (Phi) is 5.02. The van der Waals surface area contributed by atoms with E-state index in [2.05, 4.69) is 0 Å². The van der Waals surface area contributed by atoms with Crippen LogP contribution in [0.1, 0.15) is 44.6 Å². The number of esters is 1. The standard InChI is InChI=1S/C20H22FNO3/c1-13-18(20(24)25-2)17(12-14-8-10-15(21)11-9-14)19(23)22(13)16-6-4-3-5-7-16/h8-12,16H,3-7H2,1-2H3/b17-12+. The average molecular weight is 343 g/mol. The molecule has 1 saturated carbocycles. The number of carbonyl (C=O) groups is 2. The van der Waals surface area contributed by atoms with Gasteiger partial charge in [0.05, 0.1) is 18.3 Å². The van der Waals surface area contributed by atoms with Gasteiger partial charge in [0.25, 0.3) is 5.91 Å². The topological polar surface area (TPSA) is 46.6 Å². The van der Waals surface area contributed by atoms with E-state index in [0.717, 1.165) is 25.7 Å². The monoisotopic (exact) mass is 343 g/mol. The molecular weight excluding hydrogens is 321 g/mol. The molecule has 1 aliphatic heterocycles. The quantitative estimate of drug-likeness (QED) is 0.619. The fourth-order valence-corrected chi connectivity index (χ4v) is 3.70. The summed E-state index contributed by atoms with van der Waals surface area (Å²) in [6.45, 7) is 1.80. The zero-order chi connectivity index (χ0) is 18.0. The molecule has 0 aromatic heterocycles. The molecule has 0 saturated heterocycles. The number of amides is 1. The van der Waals surface area contributed by atoms with Gasteiger partial charge in [-0.05, 0) is 43.5 Å². The van der Waals surface area contributed by atoms with Gasteiger partial charge >= 0.3 is 5.97 Å². The zero-order valence-corrected chi connectivity index (χ0v) is 14.5. The molecule has 0 spiro atoms. The van der Waals surface area contributed by atoms with Crippen molar-refractivity contribution in [2.24, 2.45) is 0 Å². The third-order valence-corrected chi connectivity index (χ3v) is 4.95. The lowest BCUT2D eigenvalue weighted by Gasteiger charge is -2.32. The second kappa shape index (κ2) is 7.21. The molecule has 2 aliphatic rings. The van der Waals surface area contributed by atoms with Gasteiger partial charge in [0.15, 0.2) is 0 Å². The first-order valence-electron chi connectivity index (χ1n) is 8.63. The van der Waals surface area contributed by atoms with E-state index < -0.39 is 5.97 Å². The summed E-state index contributed by atoms with van der Waals surface area (Å²) in [6, 6.07) is 5.96. The zero-order valence-electron chi connectivity index (χ0n) is 14.5. The minimum Gasteiger partial charge on any atom is -0.465 e.